The summed E-state index contributed by atoms with van der Waals surface area (Å²) in [6, 6.07) is 7.79. The van der Waals surface area contributed by atoms with E-state index in [0.717, 1.165) is 4.47 Å². The van der Waals surface area contributed by atoms with E-state index in [-0.39, 0.29) is 11.5 Å². The van der Waals surface area contributed by atoms with Gasteiger partial charge in [-0.05, 0) is 46.5 Å². The van der Waals surface area contributed by atoms with Gasteiger partial charge in [-0.15, -0.1) is 0 Å². The van der Waals surface area contributed by atoms with Crippen LogP contribution in [0.5, 0.6) is 11.5 Å². The van der Waals surface area contributed by atoms with E-state index in [1.165, 1.54) is 12.1 Å². The van der Waals surface area contributed by atoms with Crippen LogP contribution < -0.4 is 0 Å². The number of aliphatic hydroxyl groups excluding tert-OH is 2. The summed E-state index contributed by atoms with van der Waals surface area (Å²) in [7, 11) is 0. The maximum atomic E-state index is 10.3. The molecule has 0 aliphatic heterocycles. The number of benzene rings is 2. The quantitative estimate of drug-likeness (QED) is 0.561. The van der Waals surface area contributed by atoms with E-state index in [1.54, 1.807) is 18.2 Å². The first-order valence-corrected chi connectivity index (χ1v) is 6.49. The van der Waals surface area contributed by atoms with Crippen LogP contribution in [-0.4, -0.2) is 20.4 Å². The zero-order valence-corrected chi connectivity index (χ0v) is 11.3. The standard InChI is InChI=1S/C14H11BrO4/c15-6-1-2-7-8(3-6)14(19)10-5-12(17)11(16)4-9(10)13(7)18/h1-5,13-14,16-19H. The Balaban J connectivity index is 2.26. The van der Waals surface area contributed by atoms with Crippen LogP contribution in [0.1, 0.15) is 34.5 Å². The van der Waals surface area contributed by atoms with Crippen molar-refractivity contribution in [1.29, 1.82) is 0 Å². The molecule has 1 aliphatic carbocycles. The molecule has 98 valence electrons. The molecule has 0 aromatic heterocycles. The molecule has 4 N–H and O–H groups in total. The van der Waals surface area contributed by atoms with Crippen LogP contribution in [0.3, 0.4) is 0 Å². The summed E-state index contributed by atoms with van der Waals surface area (Å²) in [5, 5.41) is 39.7. The highest BCUT2D eigenvalue weighted by molar-refractivity contribution is 9.10. The van der Waals surface area contributed by atoms with Gasteiger partial charge < -0.3 is 20.4 Å². The number of fused-ring (bicyclic) bond motifs is 2. The van der Waals surface area contributed by atoms with E-state index in [4.69, 9.17) is 0 Å². The van der Waals surface area contributed by atoms with Crippen molar-refractivity contribution >= 4 is 15.9 Å². The highest BCUT2D eigenvalue weighted by atomic mass is 79.9. The Labute approximate surface area is 117 Å². The summed E-state index contributed by atoms with van der Waals surface area (Å²) in [5.41, 5.74) is 1.97. The smallest absolute Gasteiger partial charge is 0.157 e. The summed E-state index contributed by atoms with van der Waals surface area (Å²) in [6.07, 6.45) is -1.88. The van der Waals surface area contributed by atoms with Crippen LogP contribution in [0, 0.1) is 0 Å². The molecule has 0 radical (unpaired) electrons. The molecule has 5 heteroatoms. The second-order valence-electron chi connectivity index (χ2n) is 4.55. The number of halogens is 1. The molecule has 0 saturated carbocycles. The van der Waals surface area contributed by atoms with Crippen LogP contribution in [0.15, 0.2) is 34.8 Å². The predicted molar refractivity (Wildman–Crippen MR) is 72.0 cm³/mol. The van der Waals surface area contributed by atoms with Crippen LogP contribution in [0.2, 0.25) is 0 Å². The molecule has 0 spiro atoms. The molecule has 2 unspecified atom stereocenters. The van der Waals surface area contributed by atoms with Gasteiger partial charge in [0.15, 0.2) is 11.5 Å². The second kappa shape index (κ2) is 4.23. The summed E-state index contributed by atoms with van der Waals surface area (Å²) < 4.78 is 0.795. The number of phenolic OH excluding ortho intramolecular Hbond substituents is 2. The largest absolute Gasteiger partial charge is 0.504 e. The molecule has 0 saturated heterocycles. The number of aliphatic hydroxyl groups is 2. The summed E-state index contributed by atoms with van der Waals surface area (Å²) >= 11 is 3.32. The predicted octanol–water partition coefficient (Wildman–Crippen LogP) is 2.34. The average Bonchev–Trinajstić information content (AvgIpc) is 2.38. The Bertz CT molecular complexity index is 669. The van der Waals surface area contributed by atoms with Gasteiger partial charge in [0, 0.05) is 4.47 Å². The van der Waals surface area contributed by atoms with Gasteiger partial charge in [0.25, 0.3) is 0 Å². The minimum Gasteiger partial charge on any atom is -0.504 e. The van der Waals surface area contributed by atoms with Crippen LogP contribution in [0.4, 0.5) is 0 Å². The monoisotopic (exact) mass is 322 g/mol. The van der Waals surface area contributed by atoms with Crippen molar-refractivity contribution in [1.82, 2.24) is 0 Å². The lowest BCUT2D eigenvalue weighted by Crippen LogP contribution is -2.17. The molecule has 0 amide bonds. The normalized spacial score (nSPS) is 20.8. The first kappa shape index (κ1) is 12.5. The van der Waals surface area contributed by atoms with Crippen molar-refractivity contribution in [2.45, 2.75) is 12.2 Å². The molecule has 4 nitrogen and oxygen atoms in total. The van der Waals surface area contributed by atoms with Gasteiger partial charge in [-0.3, -0.25) is 0 Å². The zero-order valence-electron chi connectivity index (χ0n) is 9.71. The SMILES string of the molecule is Oc1cc2c(cc1O)C(O)c1cc(Br)ccc1C2O. The topological polar surface area (TPSA) is 80.9 Å². The molecule has 2 aromatic carbocycles. The first-order chi connectivity index (χ1) is 8.99. The Hall–Kier alpha value is -1.56. The Morgan fingerprint density at radius 2 is 1.21 bits per heavy atom. The Morgan fingerprint density at radius 3 is 1.79 bits per heavy atom. The van der Waals surface area contributed by atoms with E-state index in [0.29, 0.717) is 22.3 Å². The molecular weight excluding hydrogens is 312 g/mol. The van der Waals surface area contributed by atoms with Crippen molar-refractivity contribution in [2.75, 3.05) is 0 Å². The number of phenols is 2. The van der Waals surface area contributed by atoms with E-state index in [1.807, 2.05) is 0 Å². The highest BCUT2D eigenvalue weighted by Crippen LogP contribution is 2.45. The fourth-order valence-corrected chi connectivity index (χ4v) is 2.83. The van der Waals surface area contributed by atoms with Gasteiger partial charge >= 0.3 is 0 Å². The van der Waals surface area contributed by atoms with Crippen LogP contribution in [0.25, 0.3) is 0 Å². The molecule has 0 bridgehead atoms. The van der Waals surface area contributed by atoms with Crippen molar-refractivity contribution in [3.8, 4) is 11.5 Å². The van der Waals surface area contributed by atoms with Crippen LogP contribution >= 0.6 is 15.9 Å². The molecular formula is C14H11BrO4. The lowest BCUT2D eigenvalue weighted by molar-refractivity contribution is 0.172. The zero-order chi connectivity index (χ0) is 13.7. The van der Waals surface area contributed by atoms with Crippen molar-refractivity contribution in [3.63, 3.8) is 0 Å². The van der Waals surface area contributed by atoms with Crippen molar-refractivity contribution in [3.05, 3.63) is 57.1 Å². The molecule has 0 heterocycles. The third kappa shape index (κ3) is 1.82. The number of aromatic hydroxyl groups is 2. The molecule has 1 aliphatic rings. The molecule has 0 fully saturated rings. The fraction of sp³-hybridized carbons (Fsp3) is 0.143. The van der Waals surface area contributed by atoms with Gasteiger partial charge in [0.05, 0.1) is 0 Å². The fourth-order valence-electron chi connectivity index (χ4n) is 2.45. The number of rotatable bonds is 0. The van der Waals surface area contributed by atoms with Gasteiger partial charge in [-0.2, -0.15) is 0 Å². The van der Waals surface area contributed by atoms with Gasteiger partial charge in [-0.1, -0.05) is 22.0 Å². The van der Waals surface area contributed by atoms with E-state index < -0.39 is 12.2 Å². The van der Waals surface area contributed by atoms with Crippen molar-refractivity contribution in [2.24, 2.45) is 0 Å². The molecule has 19 heavy (non-hydrogen) atoms. The van der Waals surface area contributed by atoms with Gasteiger partial charge in [0.2, 0.25) is 0 Å². The van der Waals surface area contributed by atoms with Crippen LogP contribution in [-0.2, 0) is 0 Å². The lowest BCUT2D eigenvalue weighted by atomic mass is 9.82. The first-order valence-electron chi connectivity index (χ1n) is 5.70. The third-order valence-electron chi connectivity index (χ3n) is 3.41. The Kier molecular flexibility index (Phi) is 2.78. The summed E-state index contributed by atoms with van der Waals surface area (Å²) in [6.45, 7) is 0. The molecule has 2 aromatic rings. The van der Waals surface area contributed by atoms with Gasteiger partial charge in [0.1, 0.15) is 12.2 Å². The molecule has 3 rings (SSSR count). The minimum absolute atomic E-state index is 0.314. The summed E-state index contributed by atoms with van der Waals surface area (Å²) in [4.78, 5) is 0. The highest BCUT2D eigenvalue weighted by Gasteiger charge is 2.31. The number of hydrogen-bond donors (Lipinski definition) is 4. The average molecular weight is 323 g/mol. The Morgan fingerprint density at radius 1 is 0.737 bits per heavy atom. The molecule has 2 atom stereocenters. The van der Waals surface area contributed by atoms with E-state index in [2.05, 4.69) is 15.9 Å². The maximum absolute atomic E-state index is 10.3. The lowest BCUT2D eigenvalue weighted by Gasteiger charge is -2.29. The van der Waals surface area contributed by atoms with E-state index in [9.17, 15) is 20.4 Å². The van der Waals surface area contributed by atoms with E-state index >= 15 is 0 Å². The maximum Gasteiger partial charge on any atom is 0.157 e. The van der Waals surface area contributed by atoms with Gasteiger partial charge in [-0.25, -0.2) is 0 Å². The van der Waals surface area contributed by atoms with Crippen molar-refractivity contribution < 1.29 is 20.4 Å². The second-order valence-corrected chi connectivity index (χ2v) is 5.46. The number of hydrogen-bond acceptors (Lipinski definition) is 4. The summed E-state index contributed by atoms with van der Waals surface area (Å²) in [5.74, 6) is -0.631. The third-order valence-corrected chi connectivity index (χ3v) is 3.90. The minimum atomic E-state index is -0.947.